The molecule has 0 amide bonds. The van der Waals surface area contributed by atoms with Gasteiger partial charge in [-0.1, -0.05) is 25.5 Å². The van der Waals surface area contributed by atoms with Crippen LogP contribution in [0.4, 0.5) is 0 Å². The maximum atomic E-state index is 12.5. The van der Waals surface area contributed by atoms with E-state index in [1.54, 1.807) is 13.2 Å². The summed E-state index contributed by atoms with van der Waals surface area (Å²) in [5, 5.41) is 0. The SMILES string of the molecule is COC[C@H]1CC2C(CC[C@]3(C)C(=O)CCC23)C2(C)C=CC(=O)C=C12. The molecule has 0 aromatic heterocycles. The number of methoxy groups -OCH3 is 1. The largest absolute Gasteiger partial charge is 0.384 e. The molecule has 0 radical (unpaired) electrons. The number of hydrogen-bond donors (Lipinski definition) is 0. The van der Waals surface area contributed by atoms with Crippen LogP contribution in [0.15, 0.2) is 23.8 Å². The van der Waals surface area contributed by atoms with E-state index in [4.69, 9.17) is 4.74 Å². The van der Waals surface area contributed by atoms with Crippen LogP contribution in [-0.4, -0.2) is 25.3 Å². The van der Waals surface area contributed by atoms with Crippen LogP contribution in [0, 0.1) is 34.5 Å². The molecule has 0 bridgehead atoms. The Bertz CT molecular complexity index is 645. The van der Waals surface area contributed by atoms with Crippen molar-refractivity contribution in [3.05, 3.63) is 23.8 Å². The molecule has 6 atom stereocenters. The van der Waals surface area contributed by atoms with Crippen molar-refractivity contribution in [3.63, 3.8) is 0 Å². The second kappa shape index (κ2) is 5.39. The van der Waals surface area contributed by atoms with Crippen molar-refractivity contribution in [2.45, 2.75) is 46.0 Å². The molecule has 4 aliphatic carbocycles. The number of fused-ring (bicyclic) bond motifs is 5. The first-order valence-corrected chi connectivity index (χ1v) is 9.37. The third kappa shape index (κ3) is 2.06. The van der Waals surface area contributed by atoms with Gasteiger partial charge in [-0.2, -0.15) is 0 Å². The standard InChI is InChI=1S/C21H28O3/c1-20-8-6-14(22)11-18(20)13(12-24-3)10-15-16-4-5-19(23)21(16,2)9-7-17(15)20/h6,8,11,13,15-17H,4-5,7,9-10,12H2,1-3H3/t13-,15?,16?,17?,20?,21+/m1/s1. The van der Waals surface area contributed by atoms with Crippen LogP contribution in [0.1, 0.15) is 46.0 Å². The molecule has 0 aromatic carbocycles. The minimum Gasteiger partial charge on any atom is -0.384 e. The molecule has 0 spiro atoms. The molecule has 4 unspecified atom stereocenters. The normalized spacial score (nSPS) is 47.0. The van der Waals surface area contributed by atoms with Gasteiger partial charge in [-0.3, -0.25) is 9.59 Å². The number of ether oxygens (including phenoxy) is 1. The number of carbonyl (C=O) groups excluding carboxylic acids is 2. The van der Waals surface area contributed by atoms with Gasteiger partial charge in [-0.15, -0.1) is 0 Å². The molecule has 130 valence electrons. The summed E-state index contributed by atoms with van der Waals surface area (Å²) in [6.45, 7) is 5.19. The predicted molar refractivity (Wildman–Crippen MR) is 92.4 cm³/mol. The quantitative estimate of drug-likeness (QED) is 0.775. The van der Waals surface area contributed by atoms with Crippen LogP contribution in [0.3, 0.4) is 0 Å². The van der Waals surface area contributed by atoms with Gasteiger partial charge in [0.25, 0.3) is 0 Å². The minimum atomic E-state index is -0.107. The van der Waals surface area contributed by atoms with Crippen molar-refractivity contribution < 1.29 is 14.3 Å². The summed E-state index contributed by atoms with van der Waals surface area (Å²) in [5.74, 6) is 2.51. The van der Waals surface area contributed by atoms with Crippen molar-refractivity contribution in [1.29, 1.82) is 0 Å². The molecule has 0 heterocycles. The zero-order chi connectivity index (χ0) is 17.1. The fourth-order valence-corrected chi connectivity index (χ4v) is 6.55. The van der Waals surface area contributed by atoms with Crippen LogP contribution in [0.25, 0.3) is 0 Å². The maximum Gasteiger partial charge on any atom is 0.178 e. The van der Waals surface area contributed by atoms with E-state index in [0.29, 0.717) is 36.1 Å². The van der Waals surface area contributed by atoms with E-state index >= 15 is 0 Å². The van der Waals surface area contributed by atoms with E-state index in [2.05, 4.69) is 19.9 Å². The Morgan fingerprint density at radius 2 is 2.00 bits per heavy atom. The first-order valence-electron chi connectivity index (χ1n) is 9.37. The van der Waals surface area contributed by atoms with Gasteiger partial charge in [0.05, 0.1) is 6.61 Å². The fraction of sp³-hybridized carbons (Fsp3) is 0.714. The zero-order valence-electron chi connectivity index (χ0n) is 15.0. The van der Waals surface area contributed by atoms with E-state index in [1.165, 1.54) is 5.57 Å². The fourth-order valence-electron chi connectivity index (χ4n) is 6.55. The van der Waals surface area contributed by atoms with E-state index in [1.807, 2.05) is 6.08 Å². The Morgan fingerprint density at radius 1 is 1.21 bits per heavy atom. The van der Waals surface area contributed by atoms with Gasteiger partial charge in [-0.25, -0.2) is 0 Å². The summed E-state index contributed by atoms with van der Waals surface area (Å²) < 4.78 is 5.50. The smallest absolute Gasteiger partial charge is 0.178 e. The van der Waals surface area contributed by atoms with Crippen molar-refractivity contribution >= 4 is 11.6 Å². The zero-order valence-corrected chi connectivity index (χ0v) is 15.0. The van der Waals surface area contributed by atoms with Gasteiger partial charge in [0.1, 0.15) is 5.78 Å². The van der Waals surface area contributed by atoms with Crippen molar-refractivity contribution in [2.24, 2.45) is 34.5 Å². The molecule has 3 nitrogen and oxygen atoms in total. The van der Waals surface area contributed by atoms with E-state index in [0.717, 1.165) is 32.1 Å². The van der Waals surface area contributed by atoms with Crippen LogP contribution in [-0.2, 0) is 14.3 Å². The molecule has 4 rings (SSSR count). The van der Waals surface area contributed by atoms with Gasteiger partial charge in [0, 0.05) is 30.3 Å². The van der Waals surface area contributed by atoms with Gasteiger partial charge in [0.2, 0.25) is 0 Å². The average Bonchev–Trinajstić information content (AvgIpc) is 2.85. The lowest BCUT2D eigenvalue weighted by Gasteiger charge is -2.57. The number of ketones is 2. The first kappa shape index (κ1) is 16.3. The lowest BCUT2D eigenvalue weighted by Crippen LogP contribution is -2.52. The highest BCUT2D eigenvalue weighted by atomic mass is 16.5. The lowest BCUT2D eigenvalue weighted by atomic mass is 9.46. The summed E-state index contributed by atoms with van der Waals surface area (Å²) in [6, 6.07) is 0. The molecule has 3 heteroatoms. The number of hydrogen-bond acceptors (Lipinski definition) is 3. The summed E-state index contributed by atoms with van der Waals surface area (Å²) in [7, 11) is 1.74. The van der Waals surface area contributed by atoms with Gasteiger partial charge in [-0.05, 0) is 55.6 Å². The first-order chi connectivity index (χ1) is 11.4. The second-order valence-corrected chi connectivity index (χ2v) is 8.80. The monoisotopic (exact) mass is 328 g/mol. The van der Waals surface area contributed by atoms with E-state index in [9.17, 15) is 9.59 Å². The van der Waals surface area contributed by atoms with Gasteiger partial charge in [0.15, 0.2) is 5.78 Å². The Morgan fingerprint density at radius 3 is 2.75 bits per heavy atom. The molecule has 3 fully saturated rings. The Kier molecular flexibility index (Phi) is 3.65. The summed E-state index contributed by atoms with van der Waals surface area (Å²) in [6.07, 6.45) is 10.8. The summed E-state index contributed by atoms with van der Waals surface area (Å²) in [4.78, 5) is 24.5. The van der Waals surface area contributed by atoms with Crippen molar-refractivity contribution in [1.82, 2.24) is 0 Å². The molecule has 0 aliphatic heterocycles. The topological polar surface area (TPSA) is 43.4 Å². The number of rotatable bonds is 2. The molecular formula is C21H28O3. The summed E-state index contributed by atoms with van der Waals surface area (Å²) >= 11 is 0. The van der Waals surface area contributed by atoms with E-state index < -0.39 is 0 Å². The highest BCUT2D eigenvalue weighted by Crippen LogP contribution is 2.64. The molecular weight excluding hydrogens is 300 g/mol. The molecule has 4 aliphatic rings. The molecule has 0 saturated heterocycles. The Balaban J connectivity index is 1.75. The van der Waals surface area contributed by atoms with Gasteiger partial charge < -0.3 is 4.74 Å². The van der Waals surface area contributed by atoms with Gasteiger partial charge >= 0.3 is 0 Å². The Hall–Kier alpha value is -1.22. The van der Waals surface area contributed by atoms with E-state index in [-0.39, 0.29) is 16.6 Å². The number of allylic oxidation sites excluding steroid dienone is 3. The lowest BCUT2D eigenvalue weighted by molar-refractivity contribution is -0.132. The van der Waals surface area contributed by atoms with Crippen LogP contribution < -0.4 is 0 Å². The Labute approximate surface area is 144 Å². The second-order valence-electron chi connectivity index (χ2n) is 8.80. The van der Waals surface area contributed by atoms with Crippen molar-refractivity contribution in [3.8, 4) is 0 Å². The molecule has 0 aromatic rings. The third-order valence-electron chi connectivity index (χ3n) is 7.79. The van der Waals surface area contributed by atoms with Crippen LogP contribution in [0.5, 0.6) is 0 Å². The predicted octanol–water partition coefficient (Wildman–Crippen LogP) is 3.74. The number of Topliss-reactive ketones (excluding diaryl/α,β-unsaturated/α-hetero) is 1. The third-order valence-corrected chi connectivity index (χ3v) is 7.79. The molecule has 3 saturated carbocycles. The van der Waals surface area contributed by atoms with Crippen molar-refractivity contribution in [2.75, 3.05) is 13.7 Å². The average molecular weight is 328 g/mol. The van der Waals surface area contributed by atoms with Crippen LogP contribution in [0.2, 0.25) is 0 Å². The van der Waals surface area contributed by atoms with Crippen LogP contribution >= 0.6 is 0 Å². The molecule has 24 heavy (non-hydrogen) atoms. The maximum absolute atomic E-state index is 12.5. The molecule has 0 N–H and O–H groups in total. The highest BCUT2D eigenvalue weighted by molar-refractivity contribution is 6.01. The highest BCUT2D eigenvalue weighted by Gasteiger charge is 2.59. The number of carbonyl (C=O) groups is 2. The summed E-state index contributed by atoms with van der Waals surface area (Å²) in [5.41, 5.74) is 1.11. The minimum absolute atomic E-state index is 0.0486.